The fourth-order valence-electron chi connectivity index (χ4n) is 8.41. The maximum atomic E-state index is 14.1. The summed E-state index contributed by atoms with van der Waals surface area (Å²) in [6.45, 7) is 16.3. The molecule has 0 bridgehead atoms. The molecule has 0 saturated carbocycles. The summed E-state index contributed by atoms with van der Waals surface area (Å²) in [5.74, 6) is -4.98. The Balaban J connectivity index is 0.00000151. The molecule has 0 aliphatic carbocycles. The standard InChI is InChI=1S/C37H67NO13.C2HF5/c1-14-25-37(10,45)30(41)20(4)27(39)18(2)16-35(8,44)32(51-34-28(40)24(38(11)12)15-19(3)47-34)21(5)29(22(6)33(43)49-25)50-26-17-36(9,46-13)31(42)23(7)48-26;3-1(4)2(5,6)7/h18-26,28-32,34,40-42,44-45H,14-17H2,1-13H3;1H/t18-,19-,20+,21+,22-,23+,24+,25-,26+,28-,29+,30-,31+,32-,34+,35-,36-,37-;/m1./s1. The second-order valence-electron chi connectivity index (χ2n) is 17.3. The van der Waals surface area contributed by atoms with Crippen molar-refractivity contribution >= 4 is 11.8 Å². The Hall–Kier alpha value is -1.65. The Kier molecular flexibility index (Phi) is 18.5. The molecule has 3 fully saturated rings. The van der Waals surface area contributed by atoms with Gasteiger partial charge in [0.2, 0.25) is 0 Å². The molecular weight excluding hydrogens is 785 g/mol. The number of nitrogens with zero attached hydrogens (tertiary/aromatic N) is 1. The smallest absolute Gasteiger partial charge is 0.450 e. The molecule has 0 aromatic rings. The summed E-state index contributed by atoms with van der Waals surface area (Å²) in [6.07, 6.45) is -19.2. The number of rotatable bonds is 7. The number of ether oxygens (including phenoxy) is 6. The zero-order valence-electron chi connectivity index (χ0n) is 35.9. The highest BCUT2D eigenvalue weighted by Gasteiger charge is 2.53. The molecule has 3 heterocycles. The Labute approximate surface area is 338 Å². The summed E-state index contributed by atoms with van der Waals surface area (Å²) in [5.41, 5.74) is -4.84. The Morgan fingerprint density at radius 3 is 1.93 bits per heavy atom. The van der Waals surface area contributed by atoms with Crippen molar-refractivity contribution in [1.29, 1.82) is 0 Å². The number of cyclic esters (lactones) is 1. The average Bonchev–Trinajstić information content (AvgIpc) is 3.12. The van der Waals surface area contributed by atoms with Crippen LogP contribution in [0.15, 0.2) is 0 Å². The number of Topliss-reactive ketones (excluding diaryl/α,β-unsaturated/α-hetero) is 1. The largest absolute Gasteiger partial charge is 0.459 e. The molecule has 3 rings (SSSR count). The van der Waals surface area contributed by atoms with Gasteiger partial charge in [0.15, 0.2) is 12.6 Å². The van der Waals surface area contributed by atoms with Gasteiger partial charge in [0.05, 0.1) is 47.6 Å². The molecule has 5 N–H and O–H groups in total. The predicted octanol–water partition coefficient (Wildman–Crippen LogP) is 3.60. The maximum absolute atomic E-state index is 14.1. The molecule has 342 valence electrons. The summed E-state index contributed by atoms with van der Waals surface area (Å²) in [4.78, 5) is 29.8. The van der Waals surface area contributed by atoms with Gasteiger partial charge < -0.3 is 58.9 Å². The van der Waals surface area contributed by atoms with Gasteiger partial charge in [-0.15, -0.1) is 0 Å². The number of hydrogen-bond acceptors (Lipinski definition) is 14. The van der Waals surface area contributed by atoms with Gasteiger partial charge in [0, 0.05) is 37.3 Å². The van der Waals surface area contributed by atoms with Crippen LogP contribution in [-0.2, 0) is 38.0 Å². The third kappa shape index (κ3) is 12.5. The van der Waals surface area contributed by atoms with Crippen molar-refractivity contribution in [3.05, 3.63) is 0 Å². The first-order valence-electron chi connectivity index (χ1n) is 19.8. The monoisotopic (exact) mass is 853 g/mol. The van der Waals surface area contributed by atoms with Crippen LogP contribution in [0.4, 0.5) is 22.0 Å². The first-order chi connectivity index (χ1) is 26.4. The molecule has 14 nitrogen and oxygen atoms in total. The minimum absolute atomic E-state index is 0.0936. The quantitative estimate of drug-likeness (QED) is 0.184. The van der Waals surface area contributed by atoms with Crippen LogP contribution in [-0.4, -0.2) is 160 Å². The van der Waals surface area contributed by atoms with Gasteiger partial charge in [-0.1, -0.05) is 27.7 Å². The highest BCUT2D eigenvalue weighted by molar-refractivity contribution is 5.83. The van der Waals surface area contributed by atoms with Crippen LogP contribution < -0.4 is 0 Å². The van der Waals surface area contributed by atoms with Gasteiger partial charge in [-0.05, 0) is 74.9 Å². The number of likely N-dealkylation sites (N-methyl/N-ethyl adjacent to an activating group) is 1. The Morgan fingerprint density at radius 1 is 0.897 bits per heavy atom. The lowest BCUT2D eigenvalue weighted by molar-refractivity contribution is -0.318. The highest BCUT2D eigenvalue weighted by atomic mass is 19.4. The molecule has 0 spiro atoms. The summed E-state index contributed by atoms with van der Waals surface area (Å²) in [6, 6.07) is -0.324. The SMILES string of the molecule is CC[C@H]1OC(=O)[C@H](C)[C@@H](O[C@H]2C[C@@](C)(OC)[C@@H](O)[C@H](C)O2)[C@H](C)[C@@H](O[C@@H]2O[C@H](C)C[C@H](N(C)C)[C@H]2O)[C@](C)(O)C[C@@H](C)C(=O)[C@H](C)[C@@H](O)[C@]1(C)O.FC(F)C(F)(F)F. The number of carbonyl (C=O) groups is 2. The lowest BCUT2D eigenvalue weighted by atomic mass is 9.74. The number of hydrogen-bond donors (Lipinski definition) is 5. The van der Waals surface area contributed by atoms with Gasteiger partial charge in [0.1, 0.15) is 29.7 Å². The van der Waals surface area contributed by atoms with E-state index in [4.69, 9.17) is 28.4 Å². The van der Waals surface area contributed by atoms with Crippen LogP contribution in [0.5, 0.6) is 0 Å². The highest BCUT2D eigenvalue weighted by Crippen LogP contribution is 2.41. The van der Waals surface area contributed by atoms with E-state index in [0.29, 0.717) is 6.42 Å². The summed E-state index contributed by atoms with van der Waals surface area (Å²) in [5, 5.41) is 57.6. The lowest BCUT2D eigenvalue weighted by Crippen LogP contribution is -2.61. The number of ketones is 1. The molecule has 3 saturated heterocycles. The number of aliphatic hydroxyl groups excluding tert-OH is 3. The van der Waals surface area contributed by atoms with E-state index in [-0.39, 0.29) is 31.4 Å². The van der Waals surface area contributed by atoms with Gasteiger partial charge in [-0.3, -0.25) is 9.59 Å². The molecule has 19 heteroatoms. The number of carbonyl (C=O) groups excluding carboxylic acids is 2. The van der Waals surface area contributed by atoms with E-state index in [9.17, 15) is 57.1 Å². The van der Waals surface area contributed by atoms with Crippen molar-refractivity contribution in [2.24, 2.45) is 23.7 Å². The first-order valence-corrected chi connectivity index (χ1v) is 19.8. The molecule has 3 aliphatic rings. The third-order valence-corrected chi connectivity index (χ3v) is 12.1. The maximum Gasteiger partial charge on any atom is 0.450 e. The third-order valence-electron chi connectivity index (χ3n) is 12.1. The minimum Gasteiger partial charge on any atom is -0.459 e. The van der Waals surface area contributed by atoms with Crippen molar-refractivity contribution in [1.82, 2.24) is 4.90 Å². The zero-order chi connectivity index (χ0) is 45.0. The molecule has 3 aliphatic heterocycles. The number of methoxy groups -OCH3 is 1. The van der Waals surface area contributed by atoms with Crippen LogP contribution in [0.25, 0.3) is 0 Å². The second kappa shape index (κ2) is 20.5. The van der Waals surface area contributed by atoms with Gasteiger partial charge in [-0.25, -0.2) is 8.78 Å². The minimum atomic E-state index is -5.33. The lowest BCUT2D eigenvalue weighted by Gasteiger charge is -2.49. The van der Waals surface area contributed by atoms with Crippen LogP contribution in [0.1, 0.15) is 94.9 Å². The fraction of sp³-hybridized carbons (Fsp3) is 0.949. The Morgan fingerprint density at radius 2 is 1.45 bits per heavy atom. The van der Waals surface area contributed by atoms with Gasteiger partial charge in [-0.2, -0.15) is 13.2 Å². The topological polar surface area (TPSA) is 194 Å². The molecule has 0 aromatic carbocycles. The van der Waals surface area contributed by atoms with Gasteiger partial charge >= 0.3 is 18.6 Å². The molecular formula is C39H68F5NO13. The summed E-state index contributed by atoms with van der Waals surface area (Å²) in [7, 11) is 5.18. The van der Waals surface area contributed by atoms with E-state index in [0.717, 1.165) is 0 Å². The van der Waals surface area contributed by atoms with Crippen molar-refractivity contribution in [3.63, 3.8) is 0 Å². The summed E-state index contributed by atoms with van der Waals surface area (Å²) < 4.78 is 89.2. The van der Waals surface area contributed by atoms with Crippen molar-refractivity contribution in [2.45, 2.75) is 192 Å². The molecule has 58 heavy (non-hydrogen) atoms. The molecule has 0 amide bonds. The molecule has 0 aromatic heterocycles. The first kappa shape index (κ1) is 52.5. The normalized spacial score (nSPS) is 45.3. The van der Waals surface area contributed by atoms with Crippen LogP contribution in [0, 0.1) is 23.7 Å². The number of esters is 1. The van der Waals surface area contributed by atoms with Crippen molar-refractivity contribution < 1.29 is 85.5 Å². The number of aliphatic hydroxyl groups is 5. The van der Waals surface area contributed by atoms with E-state index in [2.05, 4.69) is 0 Å². The van der Waals surface area contributed by atoms with Crippen LogP contribution in [0.2, 0.25) is 0 Å². The van der Waals surface area contributed by atoms with E-state index < -0.39 is 120 Å². The van der Waals surface area contributed by atoms with Crippen molar-refractivity contribution in [3.8, 4) is 0 Å². The van der Waals surface area contributed by atoms with Crippen LogP contribution >= 0.6 is 0 Å². The Bertz CT molecular complexity index is 1320. The molecule has 0 unspecified atom stereocenters. The number of alkyl halides is 5. The van der Waals surface area contributed by atoms with E-state index in [1.807, 2.05) is 25.9 Å². The molecule has 0 radical (unpaired) electrons. The average molecular weight is 854 g/mol. The van der Waals surface area contributed by atoms with E-state index in [1.54, 1.807) is 41.5 Å². The zero-order valence-corrected chi connectivity index (χ0v) is 35.9. The molecule has 18 atom stereocenters. The van der Waals surface area contributed by atoms with Gasteiger partial charge in [0.25, 0.3) is 0 Å². The predicted molar refractivity (Wildman–Crippen MR) is 198 cm³/mol. The summed E-state index contributed by atoms with van der Waals surface area (Å²) >= 11 is 0. The van der Waals surface area contributed by atoms with Crippen LogP contribution in [0.3, 0.4) is 0 Å². The fourth-order valence-corrected chi connectivity index (χ4v) is 8.41. The second-order valence-corrected chi connectivity index (χ2v) is 17.3. The van der Waals surface area contributed by atoms with E-state index in [1.165, 1.54) is 27.9 Å². The van der Waals surface area contributed by atoms with Crippen molar-refractivity contribution in [2.75, 3.05) is 21.2 Å². The van der Waals surface area contributed by atoms with E-state index >= 15 is 0 Å². The number of halogens is 5.